The summed E-state index contributed by atoms with van der Waals surface area (Å²) in [6, 6.07) is 10.4. The number of carbonyl (C=O) groups excluding carboxylic acids is 1. The maximum absolute atomic E-state index is 11.8. The lowest BCUT2D eigenvalue weighted by molar-refractivity contribution is 0.0315. The van der Waals surface area contributed by atoms with E-state index in [1.165, 1.54) is 6.20 Å². The average Bonchev–Trinajstić information content (AvgIpc) is 3.19. The fourth-order valence-electron chi connectivity index (χ4n) is 2.41. The summed E-state index contributed by atoms with van der Waals surface area (Å²) < 4.78 is 15.7. The standard InChI is InChI=1S/C19H18N4O5/c1-13-11-15(22-25)12-20-17(13)18-21-16(28-23-18)7-8-26-9-10-27-19(24)14-5-3-2-4-6-14/h2-6,11-12H,7-10H2,1H3. The largest absolute Gasteiger partial charge is 0.460 e. The molecule has 0 unspecified atom stereocenters. The van der Waals surface area contributed by atoms with Gasteiger partial charge in [-0.3, -0.25) is 4.98 Å². The Morgan fingerprint density at radius 1 is 1.18 bits per heavy atom. The fraction of sp³-hybridized carbons (Fsp3) is 0.263. The number of rotatable bonds is 9. The number of aromatic nitrogens is 3. The molecule has 0 N–H and O–H groups in total. The van der Waals surface area contributed by atoms with Gasteiger partial charge in [0, 0.05) is 0 Å². The zero-order valence-corrected chi connectivity index (χ0v) is 15.2. The van der Waals surface area contributed by atoms with Crippen LogP contribution in [0.25, 0.3) is 11.5 Å². The van der Waals surface area contributed by atoms with E-state index in [0.717, 1.165) is 5.56 Å². The molecule has 0 saturated heterocycles. The highest BCUT2D eigenvalue weighted by atomic mass is 16.6. The first kappa shape index (κ1) is 19.3. The van der Waals surface area contributed by atoms with Gasteiger partial charge in [0.1, 0.15) is 18.0 Å². The van der Waals surface area contributed by atoms with Gasteiger partial charge in [-0.25, -0.2) is 4.79 Å². The van der Waals surface area contributed by atoms with E-state index in [1.807, 2.05) is 6.07 Å². The zero-order valence-electron chi connectivity index (χ0n) is 15.2. The van der Waals surface area contributed by atoms with Gasteiger partial charge in [0.05, 0.1) is 31.4 Å². The Hall–Kier alpha value is -3.46. The van der Waals surface area contributed by atoms with Gasteiger partial charge in [0.25, 0.3) is 0 Å². The van der Waals surface area contributed by atoms with Crippen molar-refractivity contribution < 1.29 is 18.8 Å². The highest BCUT2D eigenvalue weighted by Crippen LogP contribution is 2.22. The lowest BCUT2D eigenvalue weighted by Gasteiger charge is -2.05. The first-order chi connectivity index (χ1) is 13.7. The van der Waals surface area contributed by atoms with Gasteiger partial charge >= 0.3 is 5.97 Å². The summed E-state index contributed by atoms with van der Waals surface area (Å²) in [4.78, 5) is 30.7. The number of nitroso groups, excluding NO2 is 1. The molecule has 0 amide bonds. The third-order valence-electron chi connectivity index (χ3n) is 3.78. The van der Waals surface area contributed by atoms with Crippen LogP contribution < -0.4 is 0 Å². The fourth-order valence-corrected chi connectivity index (χ4v) is 2.41. The van der Waals surface area contributed by atoms with Crippen molar-refractivity contribution >= 4 is 11.7 Å². The molecule has 144 valence electrons. The lowest BCUT2D eigenvalue weighted by atomic mass is 10.2. The van der Waals surface area contributed by atoms with E-state index in [2.05, 4.69) is 20.3 Å². The van der Waals surface area contributed by atoms with E-state index < -0.39 is 0 Å². The third kappa shape index (κ3) is 5.04. The summed E-state index contributed by atoms with van der Waals surface area (Å²) in [7, 11) is 0. The number of aryl methyl sites for hydroxylation is 1. The number of carbonyl (C=O) groups is 1. The molecule has 28 heavy (non-hydrogen) atoms. The van der Waals surface area contributed by atoms with Crippen molar-refractivity contribution in [2.75, 3.05) is 19.8 Å². The van der Waals surface area contributed by atoms with Crippen LogP contribution in [-0.4, -0.2) is 40.9 Å². The number of pyridine rings is 1. The van der Waals surface area contributed by atoms with E-state index in [9.17, 15) is 9.70 Å². The van der Waals surface area contributed by atoms with Crippen LogP contribution in [0.3, 0.4) is 0 Å². The first-order valence-electron chi connectivity index (χ1n) is 8.60. The Morgan fingerprint density at radius 2 is 2.00 bits per heavy atom. The molecule has 0 atom stereocenters. The third-order valence-corrected chi connectivity index (χ3v) is 3.78. The minimum absolute atomic E-state index is 0.156. The topological polar surface area (TPSA) is 117 Å². The van der Waals surface area contributed by atoms with Crippen molar-refractivity contribution in [3.8, 4) is 11.5 Å². The molecule has 0 aliphatic carbocycles. The second kappa shape index (κ2) is 9.47. The van der Waals surface area contributed by atoms with Crippen LogP contribution >= 0.6 is 0 Å². The van der Waals surface area contributed by atoms with Gasteiger partial charge in [-0.05, 0) is 35.9 Å². The van der Waals surface area contributed by atoms with Crippen LogP contribution in [0.2, 0.25) is 0 Å². The van der Waals surface area contributed by atoms with Gasteiger partial charge < -0.3 is 14.0 Å². The molecular formula is C19H18N4O5. The highest BCUT2D eigenvalue weighted by Gasteiger charge is 2.13. The molecule has 0 aliphatic rings. The summed E-state index contributed by atoms with van der Waals surface area (Å²) in [6.07, 6.45) is 1.76. The van der Waals surface area contributed by atoms with E-state index in [4.69, 9.17) is 14.0 Å². The van der Waals surface area contributed by atoms with E-state index >= 15 is 0 Å². The summed E-state index contributed by atoms with van der Waals surface area (Å²) in [5.74, 6) is 0.348. The Kier molecular flexibility index (Phi) is 6.53. The molecule has 3 rings (SSSR count). The van der Waals surface area contributed by atoms with Gasteiger partial charge in [-0.2, -0.15) is 4.98 Å². The summed E-state index contributed by atoms with van der Waals surface area (Å²) in [6.45, 7) is 2.54. The summed E-state index contributed by atoms with van der Waals surface area (Å²) in [5.41, 5.74) is 1.99. The predicted octanol–water partition coefficient (Wildman–Crippen LogP) is 3.25. The molecule has 9 heteroatoms. The van der Waals surface area contributed by atoms with Crippen molar-refractivity contribution in [3.05, 3.63) is 64.5 Å². The molecular weight excluding hydrogens is 364 g/mol. The van der Waals surface area contributed by atoms with Gasteiger partial charge in [-0.15, -0.1) is 4.91 Å². The SMILES string of the molecule is Cc1cc(N=O)cnc1-c1noc(CCOCCOC(=O)c2ccccc2)n1. The number of ether oxygens (including phenoxy) is 2. The maximum Gasteiger partial charge on any atom is 0.338 e. The first-order valence-corrected chi connectivity index (χ1v) is 8.60. The molecule has 0 radical (unpaired) electrons. The number of nitrogens with zero attached hydrogens (tertiary/aromatic N) is 4. The molecule has 2 heterocycles. The summed E-state index contributed by atoms with van der Waals surface area (Å²) in [5, 5.41) is 6.73. The van der Waals surface area contributed by atoms with Gasteiger partial charge in [-0.1, -0.05) is 23.4 Å². The Labute approximate surface area is 160 Å². The molecule has 9 nitrogen and oxygen atoms in total. The Bertz CT molecular complexity index is 943. The summed E-state index contributed by atoms with van der Waals surface area (Å²) >= 11 is 0. The number of hydrogen-bond donors (Lipinski definition) is 0. The van der Waals surface area contributed by atoms with Crippen LogP contribution in [-0.2, 0) is 15.9 Å². The molecule has 0 fully saturated rings. The van der Waals surface area contributed by atoms with Crippen LogP contribution in [0.15, 0.2) is 52.3 Å². The van der Waals surface area contributed by atoms with Crippen molar-refractivity contribution in [1.82, 2.24) is 15.1 Å². The maximum atomic E-state index is 11.8. The minimum Gasteiger partial charge on any atom is -0.460 e. The smallest absolute Gasteiger partial charge is 0.338 e. The van der Waals surface area contributed by atoms with Crippen molar-refractivity contribution in [3.63, 3.8) is 0 Å². The zero-order chi connectivity index (χ0) is 19.8. The average molecular weight is 382 g/mol. The molecule has 0 bridgehead atoms. The van der Waals surface area contributed by atoms with Crippen molar-refractivity contribution in [1.29, 1.82) is 0 Å². The van der Waals surface area contributed by atoms with E-state index in [0.29, 0.717) is 36.0 Å². The molecule has 0 aliphatic heterocycles. The quantitative estimate of drug-likeness (QED) is 0.314. The monoisotopic (exact) mass is 382 g/mol. The normalized spacial score (nSPS) is 10.6. The van der Waals surface area contributed by atoms with E-state index in [1.54, 1.807) is 37.3 Å². The molecule has 1 aromatic carbocycles. The van der Waals surface area contributed by atoms with Gasteiger partial charge in [0.15, 0.2) is 0 Å². The Morgan fingerprint density at radius 3 is 2.75 bits per heavy atom. The number of benzene rings is 1. The Balaban J connectivity index is 1.40. The van der Waals surface area contributed by atoms with Crippen molar-refractivity contribution in [2.24, 2.45) is 5.18 Å². The van der Waals surface area contributed by atoms with Crippen LogP contribution in [0, 0.1) is 11.8 Å². The predicted molar refractivity (Wildman–Crippen MR) is 99.0 cm³/mol. The lowest BCUT2D eigenvalue weighted by Crippen LogP contribution is -2.11. The van der Waals surface area contributed by atoms with Crippen LogP contribution in [0.4, 0.5) is 5.69 Å². The highest BCUT2D eigenvalue weighted by molar-refractivity contribution is 5.89. The molecule has 0 spiro atoms. The van der Waals surface area contributed by atoms with Gasteiger partial charge in [0.2, 0.25) is 11.7 Å². The molecule has 0 saturated carbocycles. The van der Waals surface area contributed by atoms with Crippen LogP contribution in [0.1, 0.15) is 21.8 Å². The van der Waals surface area contributed by atoms with Crippen molar-refractivity contribution in [2.45, 2.75) is 13.3 Å². The van der Waals surface area contributed by atoms with Crippen LogP contribution in [0.5, 0.6) is 0 Å². The second-order valence-corrected chi connectivity index (χ2v) is 5.83. The second-order valence-electron chi connectivity index (χ2n) is 5.83. The number of hydrogen-bond acceptors (Lipinski definition) is 9. The molecule has 2 aromatic heterocycles. The molecule has 3 aromatic rings. The number of esters is 1. The minimum atomic E-state index is -0.385. The van der Waals surface area contributed by atoms with E-state index in [-0.39, 0.29) is 24.9 Å².